The smallest absolute Gasteiger partial charge is 0.0991 e. The second-order valence-corrected chi connectivity index (χ2v) is 4.94. The monoisotopic (exact) mass is 232 g/mol. The number of aliphatic hydroxyl groups is 1. The lowest BCUT2D eigenvalue weighted by atomic mass is 9.92. The molecule has 1 atom stereocenters. The van der Waals surface area contributed by atoms with Crippen molar-refractivity contribution in [2.45, 2.75) is 31.8 Å². The maximum Gasteiger partial charge on any atom is 0.0991 e. The molecular formula is C14H20N2O. The molecule has 92 valence electrons. The van der Waals surface area contributed by atoms with Crippen molar-refractivity contribution in [3.63, 3.8) is 0 Å². The van der Waals surface area contributed by atoms with Crippen LogP contribution in [0.1, 0.15) is 25.3 Å². The molecule has 1 heterocycles. The van der Waals surface area contributed by atoms with Crippen LogP contribution in [0.3, 0.4) is 0 Å². The van der Waals surface area contributed by atoms with Crippen LogP contribution >= 0.6 is 0 Å². The summed E-state index contributed by atoms with van der Waals surface area (Å²) >= 11 is 0. The fourth-order valence-corrected chi connectivity index (χ4v) is 2.16. The highest BCUT2D eigenvalue weighted by molar-refractivity contribution is 5.83. The van der Waals surface area contributed by atoms with Crippen LogP contribution in [0.5, 0.6) is 0 Å². The van der Waals surface area contributed by atoms with E-state index in [4.69, 9.17) is 0 Å². The number of nitrogens with one attached hydrogen (secondary N) is 1. The molecule has 0 saturated heterocycles. The molecule has 0 spiro atoms. The Balaban J connectivity index is 1.96. The van der Waals surface area contributed by atoms with Crippen molar-refractivity contribution in [1.29, 1.82) is 0 Å². The van der Waals surface area contributed by atoms with E-state index in [9.17, 15) is 5.11 Å². The van der Waals surface area contributed by atoms with Crippen molar-refractivity contribution < 1.29 is 5.11 Å². The normalized spacial score (nSPS) is 19.1. The summed E-state index contributed by atoms with van der Waals surface area (Å²) in [6, 6.07) is 10.1. The van der Waals surface area contributed by atoms with Crippen molar-refractivity contribution >= 4 is 5.84 Å². The lowest BCUT2D eigenvalue weighted by Crippen LogP contribution is -2.38. The van der Waals surface area contributed by atoms with Crippen LogP contribution in [0.2, 0.25) is 0 Å². The van der Waals surface area contributed by atoms with Gasteiger partial charge in [-0.1, -0.05) is 30.3 Å². The van der Waals surface area contributed by atoms with Gasteiger partial charge in [-0.3, -0.25) is 4.99 Å². The van der Waals surface area contributed by atoms with E-state index in [2.05, 4.69) is 10.3 Å². The van der Waals surface area contributed by atoms with E-state index in [1.165, 1.54) is 0 Å². The summed E-state index contributed by atoms with van der Waals surface area (Å²) in [6.07, 6.45) is 2.35. The van der Waals surface area contributed by atoms with Gasteiger partial charge in [0.1, 0.15) is 0 Å². The number of nitrogens with zero attached hydrogens (tertiary/aromatic N) is 1. The van der Waals surface area contributed by atoms with Crippen molar-refractivity contribution in [3.05, 3.63) is 35.9 Å². The molecule has 0 radical (unpaired) electrons. The van der Waals surface area contributed by atoms with Crippen molar-refractivity contribution in [2.24, 2.45) is 4.99 Å². The Morgan fingerprint density at radius 2 is 2.06 bits per heavy atom. The minimum absolute atomic E-state index is 0.599. The number of rotatable bonds is 4. The summed E-state index contributed by atoms with van der Waals surface area (Å²) in [4.78, 5) is 4.40. The SMILES string of the molecule is CC(O)(CC1=NCCCN1)Cc1ccccc1. The lowest BCUT2D eigenvalue weighted by molar-refractivity contribution is 0.0673. The van der Waals surface area contributed by atoms with Gasteiger partial charge in [0, 0.05) is 25.9 Å². The van der Waals surface area contributed by atoms with Gasteiger partial charge in [0.15, 0.2) is 0 Å². The van der Waals surface area contributed by atoms with Crippen LogP contribution in [-0.2, 0) is 6.42 Å². The molecule has 1 aromatic carbocycles. The fourth-order valence-electron chi connectivity index (χ4n) is 2.16. The highest BCUT2D eigenvalue weighted by atomic mass is 16.3. The molecule has 3 nitrogen and oxygen atoms in total. The predicted molar refractivity (Wildman–Crippen MR) is 70.3 cm³/mol. The maximum absolute atomic E-state index is 10.4. The van der Waals surface area contributed by atoms with Crippen LogP contribution in [0, 0.1) is 0 Å². The zero-order chi connectivity index (χ0) is 12.1. The number of hydrogen-bond acceptors (Lipinski definition) is 3. The molecule has 1 aliphatic rings. The first-order valence-electron chi connectivity index (χ1n) is 6.19. The van der Waals surface area contributed by atoms with E-state index < -0.39 is 5.60 Å². The second-order valence-electron chi connectivity index (χ2n) is 4.94. The summed E-state index contributed by atoms with van der Waals surface area (Å²) in [6.45, 7) is 3.73. The van der Waals surface area contributed by atoms with Gasteiger partial charge in [-0.15, -0.1) is 0 Å². The Labute approximate surface area is 103 Å². The Hall–Kier alpha value is -1.35. The summed E-state index contributed by atoms with van der Waals surface area (Å²) in [5.41, 5.74) is 0.429. The number of hydrogen-bond donors (Lipinski definition) is 2. The van der Waals surface area contributed by atoms with Crippen LogP contribution in [0.15, 0.2) is 35.3 Å². The minimum Gasteiger partial charge on any atom is -0.389 e. The first-order chi connectivity index (χ1) is 8.16. The van der Waals surface area contributed by atoms with E-state index >= 15 is 0 Å². The Morgan fingerprint density at radius 1 is 1.29 bits per heavy atom. The van der Waals surface area contributed by atoms with Crippen LogP contribution < -0.4 is 5.32 Å². The number of benzene rings is 1. The van der Waals surface area contributed by atoms with E-state index in [1.807, 2.05) is 37.3 Å². The average molecular weight is 232 g/mol. The van der Waals surface area contributed by atoms with E-state index in [-0.39, 0.29) is 0 Å². The maximum atomic E-state index is 10.4. The van der Waals surface area contributed by atoms with Crippen molar-refractivity contribution in [1.82, 2.24) is 5.32 Å². The van der Waals surface area contributed by atoms with Gasteiger partial charge >= 0.3 is 0 Å². The minimum atomic E-state index is -0.732. The molecule has 1 unspecified atom stereocenters. The predicted octanol–water partition coefficient (Wildman–Crippen LogP) is 1.76. The summed E-state index contributed by atoms with van der Waals surface area (Å²) in [7, 11) is 0. The summed E-state index contributed by atoms with van der Waals surface area (Å²) in [5, 5.41) is 13.7. The van der Waals surface area contributed by atoms with Crippen molar-refractivity contribution in [3.8, 4) is 0 Å². The molecule has 1 aromatic rings. The third kappa shape index (κ3) is 3.86. The van der Waals surface area contributed by atoms with Crippen LogP contribution in [0.4, 0.5) is 0 Å². The second kappa shape index (κ2) is 5.32. The van der Waals surface area contributed by atoms with Gasteiger partial charge in [-0.25, -0.2) is 0 Å². The molecule has 3 heteroatoms. The molecule has 0 fully saturated rings. The van der Waals surface area contributed by atoms with Gasteiger partial charge in [0.25, 0.3) is 0 Å². The van der Waals surface area contributed by atoms with Gasteiger partial charge in [-0.05, 0) is 18.9 Å². The Kier molecular flexibility index (Phi) is 3.79. The van der Waals surface area contributed by atoms with Gasteiger partial charge < -0.3 is 10.4 Å². The van der Waals surface area contributed by atoms with E-state index in [0.717, 1.165) is 30.9 Å². The molecule has 0 bridgehead atoms. The van der Waals surface area contributed by atoms with Gasteiger partial charge in [0.2, 0.25) is 0 Å². The number of amidine groups is 1. The molecule has 1 aliphatic heterocycles. The van der Waals surface area contributed by atoms with Crippen molar-refractivity contribution in [2.75, 3.05) is 13.1 Å². The third-order valence-electron chi connectivity index (χ3n) is 2.94. The molecule has 0 aromatic heterocycles. The van der Waals surface area contributed by atoms with Gasteiger partial charge in [0.05, 0.1) is 11.4 Å². The molecule has 2 N–H and O–H groups in total. The molecule has 0 amide bonds. The van der Waals surface area contributed by atoms with E-state index in [1.54, 1.807) is 0 Å². The lowest BCUT2D eigenvalue weighted by Gasteiger charge is -2.26. The topological polar surface area (TPSA) is 44.6 Å². The van der Waals surface area contributed by atoms with E-state index in [0.29, 0.717) is 12.8 Å². The van der Waals surface area contributed by atoms with Gasteiger partial charge in [-0.2, -0.15) is 0 Å². The standard InChI is InChI=1S/C14H20N2O/c1-14(17,10-12-6-3-2-4-7-12)11-13-15-8-5-9-16-13/h2-4,6-7,17H,5,8-11H2,1H3,(H,15,16). The first kappa shape index (κ1) is 12.1. The molecule has 0 aliphatic carbocycles. The summed E-state index contributed by atoms with van der Waals surface area (Å²) in [5.74, 6) is 0.942. The highest BCUT2D eigenvalue weighted by Crippen LogP contribution is 2.17. The summed E-state index contributed by atoms with van der Waals surface area (Å²) < 4.78 is 0. The first-order valence-corrected chi connectivity index (χ1v) is 6.19. The molecule has 0 saturated carbocycles. The fraction of sp³-hybridized carbons (Fsp3) is 0.500. The average Bonchev–Trinajstić information content (AvgIpc) is 2.30. The third-order valence-corrected chi connectivity index (χ3v) is 2.94. The quantitative estimate of drug-likeness (QED) is 0.831. The Bertz CT molecular complexity index is 384. The molecule has 2 rings (SSSR count). The Morgan fingerprint density at radius 3 is 2.71 bits per heavy atom. The highest BCUT2D eigenvalue weighted by Gasteiger charge is 2.24. The largest absolute Gasteiger partial charge is 0.389 e. The zero-order valence-electron chi connectivity index (χ0n) is 10.3. The van der Waals surface area contributed by atoms with Crippen LogP contribution in [0.25, 0.3) is 0 Å². The number of aliphatic imine (C=N–C) groups is 1. The van der Waals surface area contributed by atoms with Crippen LogP contribution in [-0.4, -0.2) is 29.6 Å². The zero-order valence-corrected chi connectivity index (χ0v) is 10.3. The molecule has 17 heavy (non-hydrogen) atoms. The molecular weight excluding hydrogens is 212 g/mol.